The first kappa shape index (κ1) is 22.5. The summed E-state index contributed by atoms with van der Waals surface area (Å²) < 4.78 is 37.8. The van der Waals surface area contributed by atoms with Crippen molar-refractivity contribution < 1.29 is 22.4 Å². The number of carbonyl (C=O) groups excluding carboxylic acids is 2. The van der Waals surface area contributed by atoms with Gasteiger partial charge < -0.3 is 10.2 Å². The van der Waals surface area contributed by atoms with Crippen molar-refractivity contribution in [1.82, 2.24) is 10.2 Å². The molecule has 0 bridgehead atoms. The molecule has 9 heteroatoms. The third kappa shape index (κ3) is 6.92. The highest BCUT2D eigenvalue weighted by Gasteiger charge is 2.23. The van der Waals surface area contributed by atoms with E-state index in [1.54, 1.807) is 35.2 Å². The van der Waals surface area contributed by atoms with Crippen molar-refractivity contribution in [2.75, 3.05) is 24.1 Å². The van der Waals surface area contributed by atoms with Gasteiger partial charge in [0.25, 0.3) is 5.91 Å². The number of piperidine rings is 1. The van der Waals surface area contributed by atoms with Crippen molar-refractivity contribution in [3.05, 3.63) is 71.6 Å². The Morgan fingerprint density at radius 1 is 1.03 bits per heavy atom. The maximum Gasteiger partial charge on any atom is 0.251 e. The number of likely N-dealkylation sites (tertiary alicyclic amines) is 1. The summed E-state index contributed by atoms with van der Waals surface area (Å²) in [4.78, 5) is 26.4. The van der Waals surface area contributed by atoms with Crippen LogP contribution in [-0.2, 0) is 14.8 Å². The standard InChI is InChI=1S/C22H24FN3O4S/c1-31(29,30)25-20-9-2-16(3-10-20)4-11-21(27)26-14-12-19(13-15-26)24-22(28)17-5-7-18(23)8-6-17/h2-11,19,25H,12-15H2,1H3,(H,24,28)/b11-4+. The molecular weight excluding hydrogens is 421 g/mol. The monoisotopic (exact) mass is 445 g/mol. The first-order valence-corrected chi connectivity index (χ1v) is 11.7. The molecule has 0 aromatic heterocycles. The van der Waals surface area contributed by atoms with Crippen LogP contribution in [-0.4, -0.2) is 50.5 Å². The van der Waals surface area contributed by atoms with Gasteiger partial charge in [0.15, 0.2) is 0 Å². The summed E-state index contributed by atoms with van der Waals surface area (Å²) in [6.45, 7) is 1.05. The number of benzene rings is 2. The molecule has 3 rings (SSSR count). The smallest absolute Gasteiger partial charge is 0.251 e. The molecule has 0 radical (unpaired) electrons. The topological polar surface area (TPSA) is 95.6 Å². The van der Waals surface area contributed by atoms with E-state index in [0.29, 0.717) is 37.2 Å². The number of nitrogens with zero attached hydrogens (tertiary/aromatic N) is 1. The average Bonchev–Trinajstić information content (AvgIpc) is 2.73. The van der Waals surface area contributed by atoms with E-state index in [1.807, 2.05) is 0 Å². The zero-order chi connectivity index (χ0) is 22.4. The lowest BCUT2D eigenvalue weighted by Gasteiger charge is -2.31. The molecule has 2 N–H and O–H groups in total. The Kier molecular flexibility index (Phi) is 7.06. The van der Waals surface area contributed by atoms with Crippen LogP contribution in [0, 0.1) is 5.82 Å². The predicted molar refractivity (Wildman–Crippen MR) is 117 cm³/mol. The van der Waals surface area contributed by atoms with Crippen molar-refractivity contribution >= 4 is 33.6 Å². The van der Waals surface area contributed by atoms with Crippen molar-refractivity contribution in [1.29, 1.82) is 0 Å². The first-order chi connectivity index (χ1) is 14.7. The minimum atomic E-state index is -3.33. The third-order valence-electron chi connectivity index (χ3n) is 4.88. The normalized spacial score (nSPS) is 15.1. The number of sulfonamides is 1. The van der Waals surface area contributed by atoms with Gasteiger partial charge in [-0.3, -0.25) is 14.3 Å². The Hall–Kier alpha value is -3.20. The van der Waals surface area contributed by atoms with E-state index >= 15 is 0 Å². The molecule has 0 spiro atoms. The maximum atomic E-state index is 13.0. The predicted octanol–water partition coefficient (Wildman–Crippen LogP) is 2.63. The van der Waals surface area contributed by atoms with Crippen molar-refractivity contribution in [2.24, 2.45) is 0 Å². The van der Waals surface area contributed by atoms with Crippen LogP contribution in [0.15, 0.2) is 54.6 Å². The molecular formula is C22H24FN3O4S. The second-order valence-corrected chi connectivity index (χ2v) is 9.16. The van der Waals surface area contributed by atoms with Crippen LogP contribution >= 0.6 is 0 Å². The van der Waals surface area contributed by atoms with Crippen LogP contribution in [0.5, 0.6) is 0 Å². The molecule has 0 saturated carbocycles. The molecule has 1 heterocycles. The highest BCUT2D eigenvalue weighted by molar-refractivity contribution is 7.92. The number of hydrogen-bond acceptors (Lipinski definition) is 4. The minimum absolute atomic E-state index is 0.0412. The molecule has 164 valence electrons. The fourth-order valence-corrected chi connectivity index (χ4v) is 3.83. The molecule has 0 aliphatic carbocycles. The lowest BCUT2D eigenvalue weighted by atomic mass is 10.0. The SMILES string of the molecule is CS(=O)(=O)Nc1ccc(/C=C/C(=O)N2CCC(NC(=O)c3ccc(F)cc3)CC2)cc1. The molecule has 2 aromatic rings. The van der Waals surface area contributed by atoms with E-state index in [1.165, 1.54) is 30.3 Å². The van der Waals surface area contributed by atoms with Gasteiger partial charge in [-0.05, 0) is 60.9 Å². The molecule has 2 aromatic carbocycles. The molecule has 0 atom stereocenters. The highest BCUT2D eigenvalue weighted by atomic mass is 32.2. The molecule has 1 fully saturated rings. The highest BCUT2D eigenvalue weighted by Crippen LogP contribution is 2.15. The van der Waals surface area contributed by atoms with E-state index < -0.39 is 15.8 Å². The molecule has 0 unspecified atom stereocenters. The Labute approximate surface area is 181 Å². The van der Waals surface area contributed by atoms with Crippen molar-refractivity contribution in [3.63, 3.8) is 0 Å². The number of halogens is 1. The lowest BCUT2D eigenvalue weighted by molar-refractivity contribution is -0.127. The summed E-state index contributed by atoms with van der Waals surface area (Å²) in [5.41, 5.74) is 1.63. The maximum absolute atomic E-state index is 13.0. The average molecular weight is 446 g/mol. The number of nitrogens with one attached hydrogen (secondary N) is 2. The van der Waals surface area contributed by atoms with Gasteiger partial charge in [-0.25, -0.2) is 12.8 Å². The van der Waals surface area contributed by atoms with Crippen LogP contribution in [0.4, 0.5) is 10.1 Å². The molecule has 7 nitrogen and oxygen atoms in total. The largest absolute Gasteiger partial charge is 0.349 e. The Balaban J connectivity index is 1.47. The molecule has 1 saturated heterocycles. The van der Waals surface area contributed by atoms with Gasteiger partial charge in [0, 0.05) is 36.5 Å². The van der Waals surface area contributed by atoms with E-state index in [0.717, 1.165) is 11.8 Å². The van der Waals surface area contributed by atoms with Gasteiger partial charge in [0.2, 0.25) is 15.9 Å². The summed E-state index contributed by atoms with van der Waals surface area (Å²) in [5, 5.41) is 2.93. The zero-order valence-corrected chi connectivity index (χ0v) is 17.9. The lowest BCUT2D eigenvalue weighted by Crippen LogP contribution is -2.46. The zero-order valence-electron chi connectivity index (χ0n) is 17.0. The minimum Gasteiger partial charge on any atom is -0.349 e. The first-order valence-electron chi connectivity index (χ1n) is 9.81. The van der Waals surface area contributed by atoms with Gasteiger partial charge in [-0.15, -0.1) is 0 Å². The third-order valence-corrected chi connectivity index (χ3v) is 5.49. The summed E-state index contributed by atoms with van der Waals surface area (Å²) in [6, 6.07) is 12.0. The Bertz CT molecular complexity index is 1060. The van der Waals surface area contributed by atoms with Gasteiger partial charge in [-0.2, -0.15) is 0 Å². The summed E-state index contributed by atoms with van der Waals surface area (Å²) in [6.07, 6.45) is 5.51. The summed E-state index contributed by atoms with van der Waals surface area (Å²) >= 11 is 0. The fourth-order valence-electron chi connectivity index (χ4n) is 3.26. The van der Waals surface area contributed by atoms with Gasteiger partial charge in [-0.1, -0.05) is 12.1 Å². The Morgan fingerprint density at radius 2 is 1.65 bits per heavy atom. The molecule has 2 amide bonds. The van der Waals surface area contributed by atoms with E-state index in [-0.39, 0.29) is 17.9 Å². The molecule has 1 aliphatic rings. The second-order valence-electron chi connectivity index (χ2n) is 7.41. The van der Waals surface area contributed by atoms with Crippen molar-refractivity contribution in [2.45, 2.75) is 18.9 Å². The van der Waals surface area contributed by atoms with Gasteiger partial charge in [0.1, 0.15) is 5.82 Å². The number of rotatable bonds is 6. The molecule has 1 aliphatic heterocycles. The van der Waals surface area contributed by atoms with Crippen LogP contribution in [0.2, 0.25) is 0 Å². The van der Waals surface area contributed by atoms with Crippen LogP contribution < -0.4 is 10.0 Å². The summed E-state index contributed by atoms with van der Waals surface area (Å²) in [5.74, 6) is -0.766. The van der Waals surface area contributed by atoms with Crippen LogP contribution in [0.1, 0.15) is 28.8 Å². The van der Waals surface area contributed by atoms with E-state index in [4.69, 9.17) is 0 Å². The quantitative estimate of drug-likeness (QED) is 0.669. The second kappa shape index (κ2) is 9.74. The van der Waals surface area contributed by atoms with E-state index in [2.05, 4.69) is 10.0 Å². The van der Waals surface area contributed by atoms with Crippen molar-refractivity contribution in [3.8, 4) is 0 Å². The molecule has 31 heavy (non-hydrogen) atoms. The number of carbonyl (C=O) groups is 2. The van der Waals surface area contributed by atoms with Gasteiger partial charge >= 0.3 is 0 Å². The fraction of sp³-hybridized carbons (Fsp3) is 0.273. The van der Waals surface area contributed by atoms with Crippen LogP contribution in [0.25, 0.3) is 6.08 Å². The number of amides is 2. The number of hydrogen-bond donors (Lipinski definition) is 2. The summed E-state index contributed by atoms with van der Waals surface area (Å²) in [7, 11) is -3.33. The Morgan fingerprint density at radius 3 is 2.23 bits per heavy atom. The van der Waals surface area contributed by atoms with E-state index in [9.17, 15) is 22.4 Å². The number of anilines is 1. The van der Waals surface area contributed by atoms with Crippen LogP contribution in [0.3, 0.4) is 0 Å². The van der Waals surface area contributed by atoms with Gasteiger partial charge in [0.05, 0.1) is 6.26 Å².